The van der Waals surface area contributed by atoms with Crippen LogP contribution < -0.4 is 15.4 Å². The first-order valence-electron chi connectivity index (χ1n) is 7.59. The highest BCUT2D eigenvalue weighted by molar-refractivity contribution is 5.99. The number of hydrogen-bond acceptors (Lipinski definition) is 4. The van der Waals surface area contributed by atoms with Crippen LogP contribution in [0, 0.1) is 0 Å². The van der Waals surface area contributed by atoms with Gasteiger partial charge in [-0.3, -0.25) is 14.9 Å². The fraction of sp³-hybridized carbons (Fsp3) is 0.118. The van der Waals surface area contributed by atoms with Crippen molar-refractivity contribution in [1.82, 2.24) is 15.3 Å². The average Bonchev–Trinajstić information content (AvgIpc) is 3.02. The minimum Gasteiger partial charge on any atom is -0.435 e. The molecule has 2 amide bonds. The maximum Gasteiger partial charge on any atom is 0.387 e. The second-order valence-electron chi connectivity index (χ2n) is 5.24. The quantitative estimate of drug-likeness (QED) is 0.629. The SMILES string of the molecule is O=C(CNC(=O)c1ccc(OC(F)F)cc1)Nc1nc2ccccc2[nH]1. The van der Waals surface area contributed by atoms with E-state index in [1.807, 2.05) is 18.2 Å². The van der Waals surface area contributed by atoms with Crippen LogP contribution in [0.4, 0.5) is 14.7 Å². The monoisotopic (exact) mass is 360 g/mol. The summed E-state index contributed by atoms with van der Waals surface area (Å²) in [6, 6.07) is 12.4. The third-order valence-corrected chi connectivity index (χ3v) is 3.40. The molecular weight excluding hydrogens is 346 g/mol. The van der Waals surface area contributed by atoms with E-state index in [2.05, 4.69) is 25.3 Å². The number of rotatable bonds is 6. The summed E-state index contributed by atoms with van der Waals surface area (Å²) in [4.78, 5) is 31.0. The third-order valence-electron chi connectivity index (χ3n) is 3.40. The fourth-order valence-electron chi connectivity index (χ4n) is 2.24. The summed E-state index contributed by atoms with van der Waals surface area (Å²) in [5.41, 5.74) is 1.69. The van der Waals surface area contributed by atoms with Crippen molar-refractivity contribution >= 4 is 28.8 Å². The minimum atomic E-state index is -2.93. The maximum atomic E-state index is 12.1. The second-order valence-corrected chi connectivity index (χ2v) is 5.24. The van der Waals surface area contributed by atoms with E-state index in [0.717, 1.165) is 5.52 Å². The van der Waals surface area contributed by atoms with E-state index in [4.69, 9.17) is 0 Å². The number of aromatic nitrogens is 2. The number of benzene rings is 2. The minimum absolute atomic E-state index is 0.0563. The topological polar surface area (TPSA) is 96.1 Å². The zero-order valence-electron chi connectivity index (χ0n) is 13.3. The summed E-state index contributed by atoms with van der Waals surface area (Å²) in [6.07, 6.45) is 0. The first kappa shape index (κ1) is 17.3. The Bertz CT molecular complexity index is 892. The van der Waals surface area contributed by atoms with Gasteiger partial charge in [-0.05, 0) is 36.4 Å². The van der Waals surface area contributed by atoms with E-state index < -0.39 is 18.4 Å². The van der Waals surface area contributed by atoms with Gasteiger partial charge in [-0.25, -0.2) is 4.98 Å². The molecule has 0 aliphatic carbocycles. The van der Waals surface area contributed by atoms with Gasteiger partial charge in [0.15, 0.2) is 0 Å². The number of amides is 2. The summed E-state index contributed by atoms with van der Waals surface area (Å²) in [7, 11) is 0. The Kier molecular flexibility index (Phi) is 5.07. The lowest BCUT2D eigenvalue weighted by Crippen LogP contribution is -2.33. The maximum absolute atomic E-state index is 12.1. The average molecular weight is 360 g/mol. The Hall–Kier alpha value is -3.49. The molecule has 1 heterocycles. The lowest BCUT2D eigenvalue weighted by atomic mass is 10.2. The molecule has 0 unspecified atom stereocenters. The molecular formula is C17H14F2N4O3. The van der Waals surface area contributed by atoms with Gasteiger partial charge in [-0.15, -0.1) is 0 Å². The fourth-order valence-corrected chi connectivity index (χ4v) is 2.24. The van der Waals surface area contributed by atoms with E-state index in [9.17, 15) is 18.4 Å². The molecule has 2 aromatic carbocycles. The number of carbonyl (C=O) groups is 2. The number of aromatic amines is 1. The molecule has 0 aliphatic rings. The number of nitrogens with one attached hydrogen (secondary N) is 3. The van der Waals surface area contributed by atoms with E-state index in [-0.39, 0.29) is 23.8 Å². The van der Waals surface area contributed by atoms with Gasteiger partial charge in [-0.1, -0.05) is 12.1 Å². The molecule has 0 radical (unpaired) electrons. The number of nitrogens with zero attached hydrogens (tertiary/aromatic N) is 1. The van der Waals surface area contributed by atoms with Gasteiger partial charge in [0.05, 0.1) is 17.6 Å². The predicted octanol–water partition coefficient (Wildman–Crippen LogP) is 2.53. The summed E-state index contributed by atoms with van der Waals surface area (Å²) in [5, 5.41) is 4.98. The van der Waals surface area contributed by atoms with Crippen LogP contribution in [0.3, 0.4) is 0 Å². The lowest BCUT2D eigenvalue weighted by Gasteiger charge is -2.07. The van der Waals surface area contributed by atoms with Crippen molar-refractivity contribution in [3.05, 3.63) is 54.1 Å². The first-order valence-corrected chi connectivity index (χ1v) is 7.59. The van der Waals surface area contributed by atoms with Crippen LogP contribution in [0.25, 0.3) is 11.0 Å². The van der Waals surface area contributed by atoms with Crippen molar-refractivity contribution in [2.24, 2.45) is 0 Å². The number of anilines is 1. The number of imidazole rings is 1. The van der Waals surface area contributed by atoms with Gasteiger partial charge in [-0.2, -0.15) is 8.78 Å². The smallest absolute Gasteiger partial charge is 0.387 e. The van der Waals surface area contributed by atoms with Crippen LogP contribution in [0.2, 0.25) is 0 Å². The van der Waals surface area contributed by atoms with Crippen LogP contribution in [-0.2, 0) is 4.79 Å². The number of ether oxygens (including phenoxy) is 1. The predicted molar refractivity (Wildman–Crippen MR) is 90.1 cm³/mol. The molecule has 7 nitrogen and oxygen atoms in total. The highest BCUT2D eigenvalue weighted by atomic mass is 19.3. The van der Waals surface area contributed by atoms with Crippen LogP contribution in [0.1, 0.15) is 10.4 Å². The van der Waals surface area contributed by atoms with Gasteiger partial charge in [0.2, 0.25) is 11.9 Å². The summed E-state index contributed by atoms with van der Waals surface area (Å²) < 4.78 is 28.4. The molecule has 3 rings (SSSR count). The number of halogens is 2. The van der Waals surface area contributed by atoms with Crippen molar-refractivity contribution in [3.63, 3.8) is 0 Å². The molecule has 0 bridgehead atoms. The molecule has 0 fully saturated rings. The molecule has 26 heavy (non-hydrogen) atoms. The number of H-pyrrole nitrogens is 1. The summed E-state index contributed by atoms with van der Waals surface area (Å²) >= 11 is 0. The first-order chi connectivity index (χ1) is 12.5. The molecule has 9 heteroatoms. The van der Waals surface area contributed by atoms with E-state index in [0.29, 0.717) is 5.52 Å². The van der Waals surface area contributed by atoms with E-state index >= 15 is 0 Å². The molecule has 0 aliphatic heterocycles. The largest absolute Gasteiger partial charge is 0.435 e. The molecule has 0 atom stereocenters. The zero-order valence-corrected chi connectivity index (χ0v) is 13.3. The molecule has 0 spiro atoms. The zero-order chi connectivity index (χ0) is 18.5. The number of fused-ring (bicyclic) bond motifs is 1. The Morgan fingerprint density at radius 2 is 1.85 bits per heavy atom. The summed E-state index contributed by atoms with van der Waals surface area (Å²) in [6.45, 7) is -3.21. The van der Waals surface area contributed by atoms with Crippen LogP contribution in [-0.4, -0.2) is 34.9 Å². The van der Waals surface area contributed by atoms with Crippen molar-refractivity contribution in [1.29, 1.82) is 0 Å². The van der Waals surface area contributed by atoms with Crippen molar-refractivity contribution in [2.75, 3.05) is 11.9 Å². The Morgan fingerprint density at radius 1 is 1.12 bits per heavy atom. The highest BCUT2D eigenvalue weighted by Crippen LogP contribution is 2.15. The van der Waals surface area contributed by atoms with E-state index in [1.165, 1.54) is 24.3 Å². The molecule has 134 valence electrons. The molecule has 0 saturated heterocycles. The van der Waals surface area contributed by atoms with Crippen LogP contribution >= 0.6 is 0 Å². The Balaban J connectivity index is 1.52. The van der Waals surface area contributed by atoms with Crippen molar-refractivity contribution < 1.29 is 23.1 Å². The number of carbonyl (C=O) groups excluding carboxylic acids is 2. The Morgan fingerprint density at radius 3 is 2.54 bits per heavy atom. The number of hydrogen-bond donors (Lipinski definition) is 3. The van der Waals surface area contributed by atoms with Crippen molar-refractivity contribution in [3.8, 4) is 5.75 Å². The van der Waals surface area contributed by atoms with Gasteiger partial charge in [0.1, 0.15) is 5.75 Å². The molecule has 1 aromatic heterocycles. The number of alkyl halides is 2. The molecule has 3 N–H and O–H groups in total. The second kappa shape index (κ2) is 7.60. The molecule has 3 aromatic rings. The van der Waals surface area contributed by atoms with Gasteiger partial charge in [0, 0.05) is 5.56 Å². The van der Waals surface area contributed by atoms with Crippen molar-refractivity contribution in [2.45, 2.75) is 6.61 Å². The van der Waals surface area contributed by atoms with Crippen LogP contribution in [0.5, 0.6) is 5.75 Å². The summed E-state index contributed by atoms with van der Waals surface area (Å²) in [5.74, 6) is -0.762. The standard InChI is InChI=1S/C17H14F2N4O3/c18-16(19)26-11-7-5-10(6-8-11)15(25)20-9-14(24)23-17-21-12-3-1-2-4-13(12)22-17/h1-8,16H,9H2,(H,20,25)(H2,21,22,23,24). The Labute approximate surface area is 146 Å². The van der Waals surface area contributed by atoms with Gasteiger partial charge < -0.3 is 15.0 Å². The van der Waals surface area contributed by atoms with Gasteiger partial charge >= 0.3 is 6.61 Å². The normalized spacial score (nSPS) is 10.7. The van der Waals surface area contributed by atoms with E-state index in [1.54, 1.807) is 6.07 Å². The molecule has 0 saturated carbocycles. The van der Waals surface area contributed by atoms with Crippen LogP contribution in [0.15, 0.2) is 48.5 Å². The highest BCUT2D eigenvalue weighted by Gasteiger charge is 2.11. The lowest BCUT2D eigenvalue weighted by molar-refractivity contribution is -0.115. The van der Waals surface area contributed by atoms with Gasteiger partial charge in [0.25, 0.3) is 5.91 Å². The number of para-hydroxylation sites is 2. The third kappa shape index (κ3) is 4.32.